The molecule has 2 unspecified atom stereocenters. The van der Waals surface area contributed by atoms with Crippen molar-refractivity contribution in [2.24, 2.45) is 17.8 Å². The fourth-order valence-corrected chi connectivity index (χ4v) is 3.96. The summed E-state index contributed by atoms with van der Waals surface area (Å²) in [5, 5.41) is 0. The average molecular weight is 242 g/mol. The van der Waals surface area contributed by atoms with Gasteiger partial charge in [0.2, 0.25) is 0 Å². The van der Waals surface area contributed by atoms with E-state index in [-0.39, 0.29) is 0 Å². The number of hydrogen-bond acceptors (Lipinski definition) is 1. The second kappa shape index (κ2) is 4.53. The summed E-state index contributed by atoms with van der Waals surface area (Å²) in [4.78, 5) is 12.4. The van der Waals surface area contributed by atoms with E-state index in [4.69, 9.17) is 0 Å². The molecular weight excluding hydrogens is 220 g/mol. The van der Waals surface area contributed by atoms with Gasteiger partial charge in [0.15, 0.2) is 0 Å². The Bertz CT molecular complexity index is 442. The van der Waals surface area contributed by atoms with Gasteiger partial charge < -0.3 is 0 Å². The summed E-state index contributed by atoms with van der Waals surface area (Å²) < 4.78 is 0. The van der Waals surface area contributed by atoms with Gasteiger partial charge in [-0.25, -0.2) is 0 Å². The monoisotopic (exact) mass is 242 g/mol. The molecule has 96 valence electrons. The Morgan fingerprint density at radius 2 is 1.61 bits per heavy atom. The lowest BCUT2D eigenvalue weighted by atomic mass is 10.0. The van der Waals surface area contributed by atoms with Gasteiger partial charge >= 0.3 is 0 Å². The molecule has 2 aliphatic rings. The summed E-state index contributed by atoms with van der Waals surface area (Å²) in [7, 11) is 0. The van der Waals surface area contributed by atoms with Gasteiger partial charge in [-0.1, -0.05) is 42.2 Å². The van der Waals surface area contributed by atoms with Gasteiger partial charge in [0.25, 0.3) is 0 Å². The van der Waals surface area contributed by atoms with Crippen LogP contribution in [0, 0.1) is 31.6 Å². The minimum absolute atomic E-state index is 0.410. The van der Waals surface area contributed by atoms with Gasteiger partial charge in [-0.15, -0.1) is 0 Å². The first-order valence-electron chi connectivity index (χ1n) is 7.25. The number of aryl methyl sites for hydroxylation is 2. The zero-order valence-electron chi connectivity index (χ0n) is 11.4. The topological polar surface area (TPSA) is 17.1 Å². The van der Waals surface area contributed by atoms with Crippen molar-refractivity contribution in [2.75, 3.05) is 0 Å². The molecule has 0 N–H and O–H groups in total. The predicted molar refractivity (Wildman–Crippen MR) is 73.6 cm³/mol. The van der Waals surface area contributed by atoms with Crippen molar-refractivity contribution in [3.63, 3.8) is 0 Å². The molecule has 0 radical (unpaired) electrons. The molecule has 2 atom stereocenters. The van der Waals surface area contributed by atoms with Crippen LogP contribution in [0.15, 0.2) is 18.2 Å². The van der Waals surface area contributed by atoms with Crippen molar-refractivity contribution in [3.05, 3.63) is 34.9 Å². The van der Waals surface area contributed by atoms with Crippen molar-refractivity contribution < 1.29 is 4.79 Å². The van der Waals surface area contributed by atoms with Crippen LogP contribution in [0.2, 0.25) is 0 Å². The highest BCUT2D eigenvalue weighted by Crippen LogP contribution is 2.56. The molecule has 0 heterocycles. The van der Waals surface area contributed by atoms with E-state index in [9.17, 15) is 4.79 Å². The van der Waals surface area contributed by atoms with Gasteiger partial charge in [0.05, 0.1) is 0 Å². The molecule has 0 saturated heterocycles. The third-order valence-corrected chi connectivity index (χ3v) is 4.69. The molecule has 1 aromatic rings. The Labute approximate surface area is 110 Å². The molecular formula is C17H22O. The maximum absolute atomic E-state index is 12.4. The van der Waals surface area contributed by atoms with Gasteiger partial charge in [-0.05, 0) is 44.1 Å². The van der Waals surface area contributed by atoms with Crippen molar-refractivity contribution in [1.82, 2.24) is 0 Å². The lowest BCUT2D eigenvalue weighted by Gasteiger charge is -2.04. The third-order valence-electron chi connectivity index (χ3n) is 4.69. The Balaban J connectivity index is 1.68. The first kappa shape index (κ1) is 12.0. The molecule has 0 spiro atoms. The summed E-state index contributed by atoms with van der Waals surface area (Å²) in [5.74, 6) is 2.40. The highest BCUT2D eigenvalue weighted by Gasteiger charge is 2.53. The highest BCUT2D eigenvalue weighted by atomic mass is 16.1. The summed E-state index contributed by atoms with van der Waals surface area (Å²) in [6.07, 6.45) is 5.94. The zero-order valence-corrected chi connectivity index (χ0v) is 11.4. The molecule has 1 aromatic carbocycles. The van der Waals surface area contributed by atoms with E-state index in [2.05, 4.69) is 32.0 Å². The molecule has 0 bridgehead atoms. The van der Waals surface area contributed by atoms with E-state index in [1.54, 1.807) is 0 Å². The largest absolute Gasteiger partial charge is 0.299 e. The van der Waals surface area contributed by atoms with Crippen LogP contribution in [0.5, 0.6) is 0 Å². The van der Waals surface area contributed by atoms with E-state index in [1.807, 2.05) is 0 Å². The van der Waals surface area contributed by atoms with E-state index in [0.29, 0.717) is 18.1 Å². The number of hydrogen-bond donors (Lipinski definition) is 0. The summed E-state index contributed by atoms with van der Waals surface area (Å²) >= 11 is 0. The maximum atomic E-state index is 12.4. The standard InChI is InChI=1S/C17H22O/c1-11-7-12(2)9-13(8-11)10-16(18)17-14-5-3-4-6-15(14)17/h7-9,14-15,17H,3-6,10H2,1-2H3. The third kappa shape index (κ3) is 2.23. The summed E-state index contributed by atoms with van der Waals surface area (Å²) in [6.45, 7) is 4.22. The Kier molecular flexibility index (Phi) is 3.01. The fraction of sp³-hybridized carbons (Fsp3) is 0.588. The summed E-state index contributed by atoms with van der Waals surface area (Å²) in [6, 6.07) is 6.50. The Morgan fingerprint density at radius 1 is 1.06 bits per heavy atom. The maximum Gasteiger partial charge on any atom is 0.140 e. The first-order valence-corrected chi connectivity index (χ1v) is 7.25. The Hall–Kier alpha value is -1.11. The van der Waals surface area contributed by atoms with Gasteiger partial charge in [-0.2, -0.15) is 0 Å². The molecule has 0 amide bonds. The number of benzene rings is 1. The molecule has 18 heavy (non-hydrogen) atoms. The quantitative estimate of drug-likeness (QED) is 0.786. The number of carbonyl (C=O) groups excluding carboxylic acids is 1. The SMILES string of the molecule is Cc1cc(C)cc(CC(=O)C2C3CCCCC32)c1. The molecule has 0 aliphatic heterocycles. The smallest absolute Gasteiger partial charge is 0.140 e. The van der Waals surface area contributed by atoms with E-state index < -0.39 is 0 Å². The van der Waals surface area contributed by atoms with E-state index >= 15 is 0 Å². The van der Waals surface area contributed by atoms with Gasteiger partial charge in [0, 0.05) is 12.3 Å². The highest BCUT2D eigenvalue weighted by molar-refractivity contribution is 5.86. The van der Waals surface area contributed by atoms with Crippen molar-refractivity contribution >= 4 is 5.78 Å². The summed E-state index contributed by atoms with van der Waals surface area (Å²) in [5.41, 5.74) is 3.75. The lowest BCUT2D eigenvalue weighted by Crippen LogP contribution is -2.07. The predicted octanol–water partition coefficient (Wildman–Crippen LogP) is 3.85. The number of carbonyl (C=O) groups is 1. The molecule has 2 fully saturated rings. The minimum atomic E-state index is 0.410. The van der Waals surface area contributed by atoms with Crippen LogP contribution in [0.25, 0.3) is 0 Å². The van der Waals surface area contributed by atoms with E-state index in [0.717, 1.165) is 11.8 Å². The number of rotatable bonds is 3. The molecule has 1 heteroatoms. The lowest BCUT2D eigenvalue weighted by molar-refractivity contribution is -0.120. The molecule has 3 rings (SSSR count). The second-order valence-corrected chi connectivity index (χ2v) is 6.28. The van der Waals surface area contributed by atoms with Crippen molar-refractivity contribution in [2.45, 2.75) is 46.0 Å². The van der Waals surface area contributed by atoms with Crippen LogP contribution in [0.1, 0.15) is 42.4 Å². The fourth-order valence-electron chi connectivity index (χ4n) is 3.96. The van der Waals surface area contributed by atoms with Crippen LogP contribution in [-0.2, 0) is 11.2 Å². The molecule has 2 saturated carbocycles. The van der Waals surface area contributed by atoms with Crippen LogP contribution in [-0.4, -0.2) is 5.78 Å². The van der Waals surface area contributed by atoms with Crippen molar-refractivity contribution in [1.29, 1.82) is 0 Å². The van der Waals surface area contributed by atoms with Gasteiger partial charge in [-0.3, -0.25) is 4.79 Å². The van der Waals surface area contributed by atoms with Crippen LogP contribution in [0.3, 0.4) is 0 Å². The van der Waals surface area contributed by atoms with Crippen LogP contribution in [0.4, 0.5) is 0 Å². The van der Waals surface area contributed by atoms with Gasteiger partial charge in [0.1, 0.15) is 5.78 Å². The number of fused-ring (bicyclic) bond motifs is 1. The van der Waals surface area contributed by atoms with E-state index in [1.165, 1.54) is 42.4 Å². The normalized spacial score (nSPS) is 29.8. The molecule has 0 aromatic heterocycles. The second-order valence-electron chi connectivity index (χ2n) is 6.28. The Morgan fingerprint density at radius 3 is 2.17 bits per heavy atom. The average Bonchev–Trinajstić information content (AvgIpc) is 3.01. The van der Waals surface area contributed by atoms with Crippen LogP contribution < -0.4 is 0 Å². The molecule has 2 aliphatic carbocycles. The number of ketones is 1. The van der Waals surface area contributed by atoms with Crippen LogP contribution >= 0.6 is 0 Å². The number of Topliss-reactive ketones (excluding diaryl/α,β-unsaturated/α-hetero) is 1. The zero-order chi connectivity index (χ0) is 12.7. The molecule has 1 nitrogen and oxygen atoms in total. The first-order chi connectivity index (χ1) is 8.65. The minimum Gasteiger partial charge on any atom is -0.299 e. The van der Waals surface area contributed by atoms with Crippen molar-refractivity contribution in [3.8, 4) is 0 Å².